The van der Waals surface area contributed by atoms with Crippen LogP contribution in [0.5, 0.6) is 0 Å². The van der Waals surface area contributed by atoms with Crippen LogP contribution in [0.3, 0.4) is 0 Å². The van der Waals surface area contributed by atoms with Gasteiger partial charge in [0.05, 0.1) is 5.75 Å². The van der Waals surface area contributed by atoms with Crippen LogP contribution in [0.15, 0.2) is 29.3 Å². The molecular formula is C13H21ClIN3O2S. The molecule has 0 unspecified atom stereocenters. The maximum atomic E-state index is 11.4. The smallest absolute Gasteiger partial charge is 0.191 e. The SMILES string of the molecule is CCS(=O)(=O)CCNC(=NC)NCc1cccc(Cl)c1.I. The van der Waals surface area contributed by atoms with Crippen molar-refractivity contribution in [2.75, 3.05) is 25.1 Å². The fraction of sp³-hybridized carbons (Fsp3) is 0.462. The molecule has 1 aromatic carbocycles. The highest BCUT2D eigenvalue weighted by Gasteiger charge is 2.07. The lowest BCUT2D eigenvalue weighted by atomic mass is 10.2. The zero-order valence-corrected chi connectivity index (χ0v) is 16.0. The van der Waals surface area contributed by atoms with Crippen LogP contribution in [0.25, 0.3) is 0 Å². The number of aliphatic imine (C=N–C) groups is 1. The van der Waals surface area contributed by atoms with Crippen LogP contribution in [-0.2, 0) is 16.4 Å². The summed E-state index contributed by atoms with van der Waals surface area (Å²) in [6.07, 6.45) is 0. The first kappa shape index (κ1) is 20.5. The molecule has 0 saturated carbocycles. The maximum absolute atomic E-state index is 11.4. The van der Waals surface area contributed by atoms with Crippen molar-refractivity contribution in [1.82, 2.24) is 10.6 Å². The third kappa shape index (κ3) is 8.47. The monoisotopic (exact) mass is 445 g/mol. The molecule has 1 rings (SSSR count). The Morgan fingerprint density at radius 3 is 2.62 bits per heavy atom. The van der Waals surface area contributed by atoms with Crippen LogP contribution in [-0.4, -0.2) is 39.5 Å². The van der Waals surface area contributed by atoms with Gasteiger partial charge in [-0.3, -0.25) is 4.99 Å². The molecule has 8 heteroatoms. The lowest BCUT2D eigenvalue weighted by Gasteiger charge is -2.12. The Bertz CT molecular complexity index is 564. The number of sulfone groups is 1. The van der Waals surface area contributed by atoms with Gasteiger partial charge in [0, 0.05) is 30.9 Å². The molecule has 1 aromatic rings. The number of halogens is 2. The normalized spacial score (nSPS) is 11.7. The van der Waals surface area contributed by atoms with Gasteiger partial charge in [-0.25, -0.2) is 8.42 Å². The quantitative estimate of drug-likeness (QED) is 0.399. The van der Waals surface area contributed by atoms with Crippen LogP contribution in [0, 0.1) is 0 Å². The van der Waals surface area contributed by atoms with E-state index in [0.29, 0.717) is 24.1 Å². The van der Waals surface area contributed by atoms with E-state index in [9.17, 15) is 8.42 Å². The predicted molar refractivity (Wildman–Crippen MR) is 99.4 cm³/mol. The molecule has 5 nitrogen and oxygen atoms in total. The summed E-state index contributed by atoms with van der Waals surface area (Å²) in [7, 11) is -1.32. The van der Waals surface area contributed by atoms with Crippen molar-refractivity contribution < 1.29 is 8.42 Å². The van der Waals surface area contributed by atoms with Gasteiger partial charge in [-0.2, -0.15) is 0 Å². The average Bonchev–Trinajstić information content (AvgIpc) is 2.42. The van der Waals surface area contributed by atoms with E-state index in [-0.39, 0.29) is 35.5 Å². The first-order valence-electron chi connectivity index (χ1n) is 6.36. The van der Waals surface area contributed by atoms with E-state index in [1.165, 1.54) is 0 Å². The Labute approximate surface area is 148 Å². The highest BCUT2D eigenvalue weighted by molar-refractivity contribution is 14.0. The standard InChI is InChI=1S/C13H20ClN3O2S.HI/c1-3-20(18,19)8-7-16-13(15-2)17-10-11-5-4-6-12(14)9-11;/h4-6,9H,3,7-8,10H2,1-2H3,(H2,15,16,17);1H. The average molecular weight is 446 g/mol. The fourth-order valence-electron chi connectivity index (χ4n) is 1.52. The molecule has 0 spiro atoms. The molecule has 0 bridgehead atoms. The number of hydrogen-bond acceptors (Lipinski definition) is 3. The summed E-state index contributed by atoms with van der Waals surface area (Å²) < 4.78 is 22.7. The molecule has 0 heterocycles. The summed E-state index contributed by atoms with van der Waals surface area (Å²) in [5, 5.41) is 6.76. The zero-order valence-electron chi connectivity index (χ0n) is 12.1. The van der Waals surface area contributed by atoms with Gasteiger partial charge in [-0.1, -0.05) is 30.7 Å². The number of benzene rings is 1. The third-order valence-electron chi connectivity index (χ3n) is 2.72. The second-order valence-electron chi connectivity index (χ2n) is 4.22. The highest BCUT2D eigenvalue weighted by atomic mass is 127. The Hall–Kier alpha value is -0.540. The molecule has 0 atom stereocenters. The molecule has 0 amide bonds. The summed E-state index contributed by atoms with van der Waals surface area (Å²) in [4.78, 5) is 4.04. The highest BCUT2D eigenvalue weighted by Crippen LogP contribution is 2.10. The topological polar surface area (TPSA) is 70.6 Å². The molecule has 21 heavy (non-hydrogen) atoms. The number of rotatable bonds is 6. The van der Waals surface area contributed by atoms with Crippen molar-refractivity contribution in [1.29, 1.82) is 0 Å². The van der Waals surface area contributed by atoms with Crippen molar-refractivity contribution >= 4 is 51.4 Å². The Morgan fingerprint density at radius 1 is 1.33 bits per heavy atom. The number of nitrogens with zero attached hydrogens (tertiary/aromatic N) is 1. The van der Waals surface area contributed by atoms with Crippen LogP contribution in [0.4, 0.5) is 0 Å². The van der Waals surface area contributed by atoms with E-state index >= 15 is 0 Å². The van der Waals surface area contributed by atoms with Crippen molar-refractivity contribution in [3.63, 3.8) is 0 Å². The minimum Gasteiger partial charge on any atom is -0.355 e. The van der Waals surface area contributed by atoms with Crippen LogP contribution in [0.2, 0.25) is 5.02 Å². The van der Waals surface area contributed by atoms with Crippen molar-refractivity contribution in [2.45, 2.75) is 13.5 Å². The second-order valence-corrected chi connectivity index (χ2v) is 7.13. The maximum Gasteiger partial charge on any atom is 0.191 e. The molecule has 0 aliphatic rings. The molecule has 0 fully saturated rings. The second kappa shape index (κ2) is 10.2. The number of hydrogen-bond donors (Lipinski definition) is 2. The van der Waals surface area contributed by atoms with E-state index in [1.807, 2.05) is 24.3 Å². The van der Waals surface area contributed by atoms with Gasteiger partial charge in [0.15, 0.2) is 15.8 Å². The molecule has 0 aliphatic carbocycles. The Kier molecular flexibility index (Phi) is 9.97. The van der Waals surface area contributed by atoms with Gasteiger partial charge in [0.1, 0.15) is 0 Å². The van der Waals surface area contributed by atoms with Crippen molar-refractivity contribution in [2.24, 2.45) is 4.99 Å². The summed E-state index contributed by atoms with van der Waals surface area (Å²) in [5.74, 6) is 0.821. The van der Waals surface area contributed by atoms with Crippen LogP contribution in [0.1, 0.15) is 12.5 Å². The molecule has 0 aromatic heterocycles. The van der Waals surface area contributed by atoms with E-state index in [0.717, 1.165) is 5.56 Å². The van der Waals surface area contributed by atoms with Crippen LogP contribution < -0.4 is 10.6 Å². The van der Waals surface area contributed by atoms with Gasteiger partial charge < -0.3 is 10.6 Å². The van der Waals surface area contributed by atoms with Gasteiger partial charge >= 0.3 is 0 Å². The molecule has 0 aliphatic heterocycles. The van der Waals surface area contributed by atoms with E-state index < -0.39 is 9.84 Å². The zero-order chi connectivity index (χ0) is 15.0. The molecule has 0 saturated heterocycles. The van der Waals surface area contributed by atoms with E-state index in [1.54, 1.807) is 14.0 Å². The van der Waals surface area contributed by atoms with Gasteiger partial charge in [-0.05, 0) is 17.7 Å². The minimum absolute atomic E-state index is 0. The predicted octanol–water partition coefficient (Wildman–Crippen LogP) is 2.06. The minimum atomic E-state index is -2.96. The molecular weight excluding hydrogens is 425 g/mol. The summed E-state index contributed by atoms with van der Waals surface area (Å²) in [5.41, 5.74) is 1.03. The van der Waals surface area contributed by atoms with E-state index in [4.69, 9.17) is 11.6 Å². The van der Waals surface area contributed by atoms with Crippen LogP contribution >= 0.6 is 35.6 Å². The first-order valence-corrected chi connectivity index (χ1v) is 8.56. The molecule has 2 N–H and O–H groups in total. The van der Waals surface area contributed by atoms with Crippen molar-refractivity contribution in [3.8, 4) is 0 Å². The fourth-order valence-corrected chi connectivity index (χ4v) is 2.44. The largest absolute Gasteiger partial charge is 0.355 e. The number of guanidine groups is 1. The van der Waals surface area contributed by atoms with Gasteiger partial charge in [0.2, 0.25) is 0 Å². The Balaban J connectivity index is 0.00000400. The summed E-state index contributed by atoms with van der Waals surface area (Å²) in [6.45, 7) is 2.55. The third-order valence-corrected chi connectivity index (χ3v) is 4.66. The number of nitrogens with one attached hydrogen (secondary N) is 2. The first-order chi connectivity index (χ1) is 9.46. The molecule has 0 radical (unpaired) electrons. The Morgan fingerprint density at radius 2 is 2.05 bits per heavy atom. The van der Waals surface area contributed by atoms with E-state index in [2.05, 4.69) is 15.6 Å². The molecule has 120 valence electrons. The van der Waals surface area contributed by atoms with Gasteiger partial charge in [0.25, 0.3) is 0 Å². The van der Waals surface area contributed by atoms with Crippen molar-refractivity contribution in [3.05, 3.63) is 34.9 Å². The summed E-state index contributed by atoms with van der Waals surface area (Å²) >= 11 is 5.90. The lowest BCUT2D eigenvalue weighted by Crippen LogP contribution is -2.39. The van der Waals surface area contributed by atoms with Gasteiger partial charge in [-0.15, -0.1) is 24.0 Å². The summed E-state index contributed by atoms with van der Waals surface area (Å²) in [6, 6.07) is 7.51. The lowest BCUT2D eigenvalue weighted by molar-refractivity contribution is 0.595.